The molecule has 2 rings (SSSR count). The average molecular weight is 181 g/mol. The summed E-state index contributed by atoms with van der Waals surface area (Å²) in [6, 6.07) is 0. The second kappa shape index (κ2) is 2.76. The molecule has 70 valence electrons. The molecule has 5 nitrogen and oxygen atoms in total. The van der Waals surface area contributed by atoms with Gasteiger partial charge in [-0.05, 0) is 12.8 Å². The van der Waals surface area contributed by atoms with Crippen molar-refractivity contribution in [3.63, 3.8) is 0 Å². The minimum Gasteiger partial charge on any atom is -0.458 e. The van der Waals surface area contributed by atoms with Crippen molar-refractivity contribution in [3.8, 4) is 0 Å². The van der Waals surface area contributed by atoms with E-state index >= 15 is 0 Å². The first kappa shape index (κ1) is 8.10. The van der Waals surface area contributed by atoms with E-state index in [0.29, 0.717) is 5.69 Å². The molecule has 0 aliphatic heterocycles. The standard InChI is InChI=1S/C8H11N3O2/c1-11-4-6(9)7(10-11)8(12)13-5-2-3-5/h4-5H,2-3,9H2,1H3. The summed E-state index contributed by atoms with van der Waals surface area (Å²) in [4.78, 5) is 11.4. The van der Waals surface area contributed by atoms with Gasteiger partial charge in [0, 0.05) is 13.2 Å². The summed E-state index contributed by atoms with van der Waals surface area (Å²) < 4.78 is 6.55. The number of aromatic nitrogens is 2. The van der Waals surface area contributed by atoms with Gasteiger partial charge in [0.25, 0.3) is 0 Å². The first-order valence-electron chi connectivity index (χ1n) is 4.17. The SMILES string of the molecule is Cn1cc(N)c(C(=O)OC2CC2)n1. The largest absolute Gasteiger partial charge is 0.458 e. The van der Waals surface area contributed by atoms with Crippen LogP contribution in [0.25, 0.3) is 0 Å². The van der Waals surface area contributed by atoms with E-state index in [4.69, 9.17) is 10.5 Å². The van der Waals surface area contributed by atoms with Crippen LogP contribution >= 0.6 is 0 Å². The van der Waals surface area contributed by atoms with Crippen molar-refractivity contribution in [2.75, 3.05) is 5.73 Å². The molecule has 0 amide bonds. The van der Waals surface area contributed by atoms with E-state index in [0.717, 1.165) is 12.8 Å². The van der Waals surface area contributed by atoms with Gasteiger partial charge in [0.05, 0.1) is 5.69 Å². The first-order chi connectivity index (χ1) is 6.16. The molecular weight excluding hydrogens is 170 g/mol. The zero-order chi connectivity index (χ0) is 9.42. The lowest BCUT2D eigenvalue weighted by atomic mass is 10.4. The Morgan fingerprint density at radius 3 is 2.92 bits per heavy atom. The molecule has 1 fully saturated rings. The second-order valence-electron chi connectivity index (χ2n) is 3.21. The minimum atomic E-state index is -0.416. The van der Waals surface area contributed by atoms with Gasteiger partial charge < -0.3 is 10.5 Å². The maximum absolute atomic E-state index is 11.4. The summed E-state index contributed by atoms with van der Waals surface area (Å²) in [7, 11) is 1.71. The van der Waals surface area contributed by atoms with Gasteiger partial charge in [0.2, 0.25) is 0 Å². The Morgan fingerprint density at radius 2 is 2.46 bits per heavy atom. The van der Waals surface area contributed by atoms with Crippen LogP contribution in [0.2, 0.25) is 0 Å². The molecule has 0 atom stereocenters. The van der Waals surface area contributed by atoms with Crippen molar-refractivity contribution < 1.29 is 9.53 Å². The van der Waals surface area contributed by atoms with E-state index in [1.165, 1.54) is 4.68 Å². The van der Waals surface area contributed by atoms with Crippen LogP contribution in [0, 0.1) is 0 Å². The Bertz CT molecular complexity index is 341. The Balaban J connectivity index is 2.13. The third-order valence-electron chi connectivity index (χ3n) is 1.85. The number of hydrogen-bond acceptors (Lipinski definition) is 4. The normalized spacial score (nSPS) is 15.8. The average Bonchev–Trinajstić information content (AvgIpc) is 2.77. The highest BCUT2D eigenvalue weighted by molar-refractivity contribution is 5.92. The van der Waals surface area contributed by atoms with Crippen LogP contribution in [0.5, 0.6) is 0 Å². The van der Waals surface area contributed by atoms with E-state index in [1.807, 2.05) is 0 Å². The third kappa shape index (κ3) is 1.63. The van der Waals surface area contributed by atoms with Crippen LogP contribution in [-0.4, -0.2) is 21.9 Å². The highest BCUT2D eigenvalue weighted by atomic mass is 16.5. The minimum absolute atomic E-state index is 0.0916. The van der Waals surface area contributed by atoms with E-state index in [1.54, 1.807) is 13.2 Å². The van der Waals surface area contributed by atoms with Crippen LogP contribution in [0.4, 0.5) is 5.69 Å². The number of carbonyl (C=O) groups excluding carboxylic acids is 1. The number of esters is 1. The van der Waals surface area contributed by atoms with Gasteiger partial charge >= 0.3 is 5.97 Å². The topological polar surface area (TPSA) is 70.1 Å². The zero-order valence-electron chi connectivity index (χ0n) is 7.36. The smallest absolute Gasteiger partial charge is 0.361 e. The van der Waals surface area contributed by atoms with Crippen molar-refractivity contribution in [2.24, 2.45) is 7.05 Å². The molecule has 1 aliphatic carbocycles. The molecule has 0 saturated heterocycles. The fourth-order valence-electron chi connectivity index (χ4n) is 1.06. The van der Waals surface area contributed by atoms with Gasteiger partial charge in [-0.25, -0.2) is 4.79 Å². The van der Waals surface area contributed by atoms with Crippen molar-refractivity contribution in [1.29, 1.82) is 0 Å². The number of nitrogen functional groups attached to an aromatic ring is 1. The number of nitrogens with two attached hydrogens (primary N) is 1. The highest BCUT2D eigenvalue weighted by Crippen LogP contribution is 2.25. The van der Waals surface area contributed by atoms with Crippen LogP contribution in [0.1, 0.15) is 23.3 Å². The summed E-state index contributed by atoms with van der Waals surface area (Å²) in [5, 5.41) is 3.91. The van der Waals surface area contributed by atoms with Crippen molar-refractivity contribution in [2.45, 2.75) is 18.9 Å². The van der Waals surface area contributed by atoms with Crippen LogP contribution in [-0.2, 0) is 11.8 Å². The number of rotatable bonds is 2. The number of carbonyl (C=O) groups is 1. The molecule has 0 aromatic carbocycles. The van der Waals surface area contributed by atoms with Gasteiger partial charge in [-0.3, -0.25) is 4.68 Å². The van der Waals surface area contributed by atoms with E-state index in [2.05, 4.69) is 5.10 Å². The van der Waals surface area contributed by atoms with Crippen LogP contribution in [0.15, 0.2) is 6.20 Å². The van der Waals surface area contributed by atoms with Crippen molar-refractivity contribution in [3.05, 3.63) is 11.9 Å². The van der Waals surface area contributed by atoms with E-state index < -0.39 is 5.97 Å². The zero-order valence-corrected chi connectivity index (χ0v) is 7.36. The summed E-state index contributed by atoms with van der Waals surface area (Å²) in [5.74, 6) is -0.416. The maximum Gasteiger partial charge on any atom is 0.361 e. The van der Waals surface area contributed by atoms with Crippen molar-refractivity contribution in [1.82, 2.24) is 9.78 Å². The van der Waals surface area contributed by atoms with Gasteiger partial charge in [0.1, 0.15) is 6.10 Å². The van der Waals surface area contributed by atoms with E-state index in [9.17, 15) is 4.79 Å². The number of nitrogens with zero attached hydrogens (tertiary/aromatic N) is 2. The molecule has 1 aromatic rings. The molecule has 0 bridgehead atoms. The molecular formula is C8H11N3O2. The predicted molar refractivity (Wildman–Crippen MR) is 46.1 cm³/mol. The summed E-state index contributed by atoms with van der Waals surface area (Å²) in [6.45, 7) is 0. The highest BCUT2D eigenvalue weighted by Gasteiger charge is 2.28. The lowest BCUT2D eigenvalue weighted by Crippen LogP contribution is -2.09. The maximum atomic E-state index is 11.4. The predicted octanol–water partition coefficient (Wildman–Crippen LogP) is 0.321. The molecule has 1 aromatic heterocycles. The Hall–Kier alpha value is -1.52. The monoisotopic (exact) mass is 181 g/mol. The molecule has 1 heterocycles. The molecule has 0 spiro atoms. The van der Waals surface area contributed by atoms with Gasteiger partial charge in [-0.2, -0.15) is 5.10 Å². The second-order valence-corrected chi connectivity index (χ2v) is 3.21. The molecule has 2 N–H and O–H groups in total. The fourth-order valence-corrected chi connectivity index (χ4v) is 1.06. The molecule has 13 heavy (non-hydrogen) atoms. The van der Waals surface area contributed by atoms with Gasteiger partial charge in [-0.15, -0.1) is 0 Å². The molecule has 1 aliphatic rings. The summed E-state index contributed by atoms with van der Waals surface area (Å²) in [5.41, 5.74) is 6.14. The lowest BCUT2D eigenvalue weighted by Gasteiger charge is -1.99. The Morgan fingerprint density at radius 1 is 1.77 bits per heavy atom. The molecule has 1 saturated carbocycles. The van der Waals surface area contributed by atoms with Crippen molar-refractivity contribution >= 4 is 11.7 Å². The third-order valence-corrected chi connectivity index (χ3v) is 1.85. The summed E-state index contributed by atoms with van der Waals surface area (Å²) in [6.07, 6.45) is 3.59. The molecule has 0 radical (unpaired) electrons. The first-order valence-corrected chi connectivity index (χ1v) is 4.17. The number of hydrogen-bond donors (Lipinski definition) is 1. The number of aryl methyl sites for hydroxylation is 1. The molecule has 0 unspecified atom stereocenters. The quantitative estimate of drug-likeness (QED) is 0.667. The number of ether oxygens (including phenoxy) is 1. The fraction of sp³-hybridized carbons (Fsp3) is 0.500. The molecule has 5 heteroatoms. The van der Waals surface area contributed by atoms with Gasteiger partial charge in [0.15, 0.2) is 5.69 Å². The number of anilines is 1. The van der Waals surface area contributed by atoms with E-state index in [-0.39, 0.29) is 11.8 Å². The lowest BCUT2D eigenvalue weighted by molar-refractivity contribution is 0.0465. The Labute approximate surface area is 75.5 Å². The Kier molecular flexibility index (Phi) is 1.72. The summed E-state index contributed by atoms with van der Waals surface area (Å²) >= 11 is 0. The van der Waals surface area contributed by atoms with Crippen LogP contribution in [0.3, 0.4) is 0 Å². The van der Waals surface area contributed by atoms with Crippen LogP contribution < -0.4 is 5.73 Å². The van der Waals surface area contributed by atoms with Gasteiger partial charge in [-0.1, -0.05) is 0 Å².